The summed E-state index contributed by atoms with van der Waals surface area (Å²) in [7, 11) is 0. The number of nitrogens with one attached hydrogen (secondary N) is 1. The highest BCUT2D eigenvalue weighted by Crippen LogP contribution is 2.38. The van der Waals surface area contributed by atoms with Crippen molar-refractivity contribution in [3.63, 3.8) is 0 Å². The topological polar surface area (TPSA) is 136 Å². The molecule has 33 heavy (non-hydrogen) atoms. The van der Waals surface area contributed by atoms with Crippen LogP contribution in [-0.2, 0) is 4.79 Å². The number of non-ortho nitro benzene ring substituents is 1. The molecule has 0 radical (unpaired) electrons. The maximum Gasteiger partial charge on any atom is 0.289 e. The fourth-order valence-electron chi connectivity index (χ4n) is 3.93. The molecule has 2 amide bonds. The number of hydrogen-bond acceptors (Lipinski definition) is 6. The van der Waals surface area contributed by atoms with E-state index >= 15 is 0 Å². The molecule has 0 saturated carbocycles. The first-order valence-electron chi connectivity index (χ1n) is 9.95. The molecule has 0 saturated heterocycles. The quantitative estimate of drug-likeness (QED) is 0.475. The van der Waals surface area contributed by atoms with Gasteiger partial charge < -0.3 is 10.2 Å². The third-order valence-electron chi connectivity index (χ3n) is 5.40. The molecule has 0 aliphatic carbocycles. The number of rotatable bonds is 4. The van der Waals surface area contributed by atoms with E-state index in [0.29, 0.717) is 16.8 Å². The summed E-state index contributed by atoms with van der Waals surface area (Å²) in [6, 6.07) is 16.6. The van der Waals surface area contributed by atoms with Gasteiger partial charge in [-0.05, 0) is 24.6 Å². The molecule has 1 atom stereocenters. The van der Waals surface area contributed by atoms with Crippen molar-refractivity contribution >= 4 is 28.9 Å². The molecule has 166 valence electrons. The molecule has 0 aromatic heterocycles. The standard InChI is InChI=1S/C23H18N4O6/c1-14-7-10-19-18(11-14)22(15-5-3-2-4-6-15)25(13-21(28)24-19)23(29)17-9-8-16(26(30)31)12-20(17)27(32)33/h2-12,22H,13H2,1H3,(H,24,28)/t22-/m1/s1. The van der Waals surface area contributed by atoms with E-state index in [9.17, 15) is 29.8 Å². The van der Waals surface area contributed by atoms with Gasteiger partial charge in [0.25, 0.3) is 17.3 Å². The Hall–Kier alpha value is -4.60. The first-order valence-corrected chi connectivity index (χ1v) is 9.95. The molecule has 0 spiro atoms. The summed E-state index contributed by atoms with van der Waals surface area (Å²) < 4.78 is 0. The third kappa shape index (κ3) is 4.13. The molecule has 0 unspecified atom stereocenters. The average Bonchev–Trinajstić information content (AvgIpc) is 2.94. The van der Waals surface area contributed by atoms with Crippen molar-refractivity contribution in [2.75, 3.05) is 11.9 Å². The van der Waals surface area contributed by atoms with E-state index in [4.69, 9.17) is 0 Å². The van der Waals surface area contributed by atoms with Crippen molar-refractivity contribution in [1.29, 1.82) is 0 Å². The normalized spacial score (nSPS) is 15.2. The van der Waals surface area contributed by atoms with Crippen molar-refractivity contribution < 1.29 is 19.4 Å². The van der Waals surface area contributed by atoms with E-state index in [2.05, 4.69) is 5.32 Å². The summed E-state index contributed by atoms with van der Waals surface area (Å²) in [6.07, 6.45) is 0. The number of hydrogen-bond donors (Lipinski definition) is 1. The number of anilines is 1. The van der Waals surface area contributed by atoms with Crippen LogP contribution in [0.3, 0.4) is 0 Å². The third-order valence-corrected chi connectivity index (χ3v) is 5.40. The highest BCUT2D eigenvalue weighted by atomic mass is 16.6. The SMILES string of the molecule is Cc1ccc2c(c1)[C@@H](c1ccccc1)N(C(=O)c1ccc([N+](=O)[O-])cc1[N+](=O)[O-])CC(=O)N2. The zero-order chi connectivity index (χ0) is 23.7. The molecule has 4 rings (SSSR count). The van der Waals surface area contributed by atoms with Gasteiger partial charge >= 0.3 is 0 Å². The average molecular weight is 446 g/mol. The molecule has 1 N–H and O–H groups in total. The molecule has 1 aliphatic heterocycles. The van der Waals surface area contributed by atoms with Gasteiger partial charge in [-0.25, -0.2) is 0 Å². The van der Waals surface area contributed by atoms with Crippen molar-refractivity contribution in [3.8, 4) is 0 Å². The molecule has 10 heteroatoms. The van der Waals surface area contributed by atoms with Crippen LogP contribution >= 0.6 is 0 Å². The van der Waals surface area contributed by atoms with Gasteiger partial charge in [-0.1, -0.05) is 48.0 Å². The number of carbonyl (C=O) groups excluding carboxylic acids is 2. The van der Waals surface area contributed by atoms with Gasteiger partial charge in [-0.2, -0.15) is 0 Å². The maximum atomic E-state index is 13.7. The van der Waals surface area contributed by atoms with Gasteiger partial charge in [0, 0.05) is 17.3 Å². The van der Waals surface area contributed by atoms with Crippen molar-refractivity contribution in [2.45, 2.75) is 13.0 Å². The largest absolute Gasteiger partial charge is 0.324 e. The molecular formula is C23H18N4O6. The lowest BCUT2D eigenvalue weighted by Gasteiger charge is -2.30. The lowest BCUT2D eigenvalue weighted by atomic mass is 9.94. The number of nitro benzene ring substituents is 2. The summed E-state index contributed by atoms with van der Waals surface area (Å²) in [5, 5.41) is 25.5. The second kappa shape index (κ2) is 8.50. The van der Waals surface area contributed by atoms with E-state index in [0.717, 1.165) is 23.8 Å². The zero-order valence-electron chi connectivity index (χ0n) is 17.4. The molecule has 10 nitrogen and oxygen atoms in total. The van der Waals surface area contributed by atoms with Gasteiger partial charge in [-0.15, -0.1) is 0 Å². The van der Waals surface area contributed by atoms with Gasteiger partial charge in [0.15, 0.2) is 0 Å². The van der Waals surface area contributed by atoms with Crippen LogP contribution in [0.25, 0.3) is 0 Å². The minimum absolute atomic E-state index is 0.338. The Balaban J connectivity index is 1.91. The number of nitrogens with zero attached hydrogens (tertiary/aromatic N) is 3. The molecule has 3 aromatic rings. The Bertz CT molecular complexity index is 1290. The van der Waals surface area contributed by atoms with Crippen LogP contribution in [0.4, 0.5) is 17.1 Å². The monoisotopic (exact) mass is 446 g/mol. The van der Waals surface area contributed by atoms with Gasteiger partial charge in [0.2, 0.25) is 5.91 Å². The molecule has 1 aliphatic rings. The maximum absolute atomic E-state index is 13.7. The van der Waals surface area contributed by atoms with Gasteiger partial charge in [-0.3, -0.25) is 29.8 Å². The Morgan fingerprint density at radius 1 is 1.00 bits per heavy atom. The molecular weight excluding hydrogens is 428 g/mol. The zero-order valence-corrected chi connectivity index (χ0v) is 17.4. The molecule has 1 heterocycles. The second-order valence-electron chi connectivity index (χ2n) is 7.60. The number of nitro groups is 2. The highest BCUT2D eigenvalue weighted by Gasteiger charge is 2.36. The van der Waals surface area contributed by atoms with E-state index in [1.807, 2.05) is 25.1 Å². The summed E-state index contributed by atoms with van der Waals surface area (Å²) in [5.74, 6) is -1.24. The van der Waals surface area contributed by atoms with Crippen LogP contribution in [0.1, 0.15) is 33.1 Å². The van der Waals surface area contributed by atoms with E-state index in [-0.39, 0.29) is 12.1 Å². The summed E-state index contributed by atoms with van der Waals surface area (Å²) in [6.45, 7) is 1.52. The number of benzene rings is 3. The summed E-state index contributed by atoms with van der Waals surface area (Å²) >= 11 is 0. The highest BCUT2D eigenvalue weighted by molar-refractivity contribution is 6.03. The Morgan fingerprint density at radius 2 is 1.73 bits per heavy atom. The van der Waals surface area contributed by atoms with Crippen LogP contribution in [0.15, 0.2) is 66.7 Å². The van der Waals surface area contributed by atoms with E-state index in [1.165, 1.54) is 4.90 Å². The fraction of sp³-hybridized carbons (Fsp3) is 0.130. The van der Waals surface area contributed by atoms with Gasteiger partial charge in [0.05, 0.1) is 22.0 Å². The van der Waals surface area contributed by atoms with Crippen LogP contribution in [0, 0.1) is 27.2 Å². The molecule has 0 bridgehead atoms. The molecule has 3 aromatic carbocycles. The van der Waals surface area contributed by atoms with Gasteiger partial charge in [0.1, 0.15) is 12.1 Å². The van der Waals surface area contributed by atoms with Crippen LogP contribution in [-0.4, -0.2) is 33.1 Å². The Morgan fingerprint density at radius 3 is 2.39 bits per heavy atom. The fourth-order valence-corrected chi connectivity index (χ4v) is 3.93. The van der Waals surface area contributed by atoms with Crippen LogP contribution < -0.4 is 5.32 Å². The van der Waals surface area contributed by atoms with Crippen LogP contribution in [0.5, 0.6) is 0 Å². The predicted octanol–water partition coefficient (Wildman–Crippen LogP) is 4.00. The number of carbonyl (C=O) groups is 2. The lowest BCUT2D eigenvalue weighted by molar-refractivity contribution is -0.394. The van der Waals surface area contributed by atoms with Crippen LogP contribution in [0.2, 0.25) is 0 Å². The number of fused-ring (bicyclic) bond motifs is 1. The smallest absolute Gasteiger partial charge is 0.289 e. The first kappa shape index (κ1) is 21.6. The van der Waals surface area contributed by atoms with Crippen molar-refractivity contribution in [1.82, 2.24) is 4.90 Å². The predicted molar refractivity (Wildman–Crippen MR) is 119 cm³/mol. The Kier molecular flexibility index (Phi) is 5.57. The summed E-state index contributed by atoms with van der Waals surface area (Å²) in [4.78, 5) is 48.7. The first-order chi connectivity index (χ1) is 15.8. The minimum atomic E-state index is -0.840. The number of amides is 2. The van der Waals surface area contributed by atoms with E-state index in [1.54, 1.807) is 30.3 Å². The van der Waals surface area contributed by atoms with Crippen molar-refractivity contribution in [3.05, 3.63) is 109 Å². The Labute approximate surface area is 187 Å². The molecule has 0 fully saturated rings. The van der Waals surface area contributed by atoms with E-state index < -0.39 is 39.1 Å². The number of aryl methyl sites for hydroxylation is 1. The minimum Gasteiger partial charge on any atom is -0.324 e. The second-order valence-corrected chi connectivity index (χ2v) is 7.60. The van der Waals surface area contributed by atoms with Crippen molar-refractivity contribution in [2.24, 2.45) is 0 Å². The summed E-state index contributed by atoms with van der Waals surface area (Å²) in [5.41, 5.74) is 1.26. The lowest BCUT2D eigenvalue weighted by Crippen LogP contribution is -2.39.